The molecule has 0 aromatic carbocycles. The summed E-state index contributed by atoms with van der Waals surface area (Å²) in [5.41, 5.74) is 0.566. The molecule has 4 atom stereocenters. The van der Waals surface area contributed by atoms with E-state index in [9.17, 15) is 13.4 Å². The van der Waals surface area contributed by atoms with Crippen LogP contribution in [0.2, 0.25) is 0 Å². The first-order valence-electron chi connectivity index (χ1n) is 5.85. The molecule has 4 unspecified atom stereocenters. The molecule has 7 heteroatoms. The van der Waals surface area contributed by atoms with Gasteiger partial charge in [-0.05, 0) is 19.1 Å². The highest BCUT2D eigenvalue weighted by molar-refractivity contribution is 7.85. The molecule has 1 aromatic rings. The summed E-state index contributed by atoms with van der Waals surface area (Å²) in [6, 6.07) is 1.83. The maximum Gasteiger partial charge on any atom is 0.323 e. The van der Waals surface area contributed by atoms with Crippen LogP contribution in [-0.4, -0.2) is 39.3 Å². The number of hydrogen-bond acceptors (Lipinski definition) is 5. The maximum absolute atomic E-state index is 12.9. The minimum absolute atomic E-state index is 0.209. The molecule has 1 saturated heterocycles. The van der Waals surface area contributed by atoms with Crippen molar-refractivity contribution in [3.8, 4) is 0 Å². The van der Waals surface area contributed by atoms with Crippen LogP contribution in [0.4, 0.5) is 4.39 Å². The van der Waals surface area contributed by atoms with Crippen LogP contribution in [0.25, 0.3) is 0 Å². The molecule has 1 aliphatic rings. The van der Waals surface area contributed by atoms with Gasteiger partial charge in [-0.3, -0.25) is 19.3 Å². The van der Waals surface area contributed by atoms with E-state index in [0.29, 0.717) is 5.69 Å². The van der Waals surface area contributed by atoms with Crippen LogP contribution in [0.5, 0.6) is 0 Å². The molecule has 1 aromatic heterocycles. The van der Waals surface area contributed by atoms with Crippen molar-refractivity contribution >= 4 is 16.8 Å². The molecule has 1 aliphatic heterocycles. The third-order valence-corrected chi connectivity index (χ3v) is 4.91. The molecule has 0 bridgehead atoms. The summed E-state index contributed by atoms with van der Waals surface area (Å²) in [4.78, 5) is 15.5. The van der Waals surface area contributed by atoms with E-state index < -0.39 is 28.6 Å². The third-order valence-electron chi connectivity index (χ3n) is 3.15. The highest BCUT2D eigenvalue weighted by atomic mass is 32.2. The van der Waals surface area contributed by atoms with Gasteiger partial charge in [-0.2, -0.15) is 0 Å². The van der Waals surface area contributed by atoms with Crippen molar-refractivity contribution in [2.75, 3.05) is 12.9 Å². The average molecular weight is 286 g/mol. The minimum Gasteiger partial charge on any atom is -0.468 e. The molecule has 104 valence electrons. The minimum atomic E-state index is -1.17. The van der Waals surface area contributed by atoms with Crippen molar-refractivity contribution < 1.29 is 18.1 Å². The number of ether oxygens (including phenoxy) is 1. The third kappa shape index (κ3) is 2.98. The van der Waals surface area contributed by atoms with Crippen LogP contribution < -0.4 is 5.32 Å². The van der Waals surface area contributed by atoms with Crippen LogP contribution >= 0.6 is 0 Å². The summed E-state index contributed by atoms with van der Waals surface area (Å²) >= 11 is 0. The first-order chi connectivity index (χ1) is 9.02. The van der Waals surface area contributed by atoms with Crippen molar-refractivity contribution in [2.24, 2.45) is 0 Å². The van der Waals surface area contributed by atoms with Crippen molar-refractivity contribution in [3.63, 3.8) is 0 Å². The number of methoxy groups -OCH3 is 1. The zero-order valence-corrected chi connectivity index (χ0v) is 11.4. The Bertz CT molecular complexity index is 494. The number of carbonyl (C=O) groups excluding carboxylic acids is 1. The number of rotatable bonds is 2. The van der Waals surface area contributed by atoms with Crippen LogP contribution in [0, 0.1) is 5.82 Å². The lowest BCUT2D eigenvalue weighted by Gasteiger charge is -2.33. The summed E-state index contributed by atoms with van der Waals surface area (Å²) in [5, 5.41) is 2.86. The summed E-state index contributed by atoms with van der Waals surface area (Å²) in [6.07, 6.45) is 1.11. The first-order valence-corrected chi connectivity index (χ1v) is 7.23. The summed E-state index contributed by atoms with van der Waals surface area (Å²) in [7, 11) is 0.118. The zero-order valence-electron chi connectivity index (χ0n) is 10.6. The largest absolute Gasteiger partial charge is 0.468 e. The summed E-state index contributed by atoms with van der Waals surface area (Å²) < 4.78 is 29.6. The van der Waals surface area contributed by atoms with E-state index in [4.69, 9.17) is 0 Å². The van der Waals surface area contributed by atoms with E-state index in [2.05, 4.69) is 15.0 Å². The predicted molar refractivity (Wildman–Crippen MR) is 68.3 cm³/mol. The molecular weight excluding hydrogens is 271 g/mol. The Morgan fingerprint density at radius 3 is 2.89 bits per heavy atom. The molecule has 1 fully saturated rings. The van der Waals surface area contributed by atoms with Crippen LogP contribution in [-0.2, 0) is 20.3 Å². The lowest BCUT2D eigenvalue weighted by atomic mass is 10.1. The van der Waals surface area contributed by atoms with Gasteiger partial charge < -0.3 is 4.74 Å². The molecular formula is C12H15FN2O3S. The lowest BCUT2D eigenvalue weighted by molar-refractivity contribution is -0.142. The van der Waals surface area contributed by atoms with Crippen LogP contribution in [0.15, 0.2) is 18.3 Å². The Labute approximate surface area is 113 Å². The Morgan fingerprint density at radius 1 is 1.58 bits per heavy atom. The Kier molecular flexibility index (Phi) is 4.26. The maximum atomic E-state index is 12.9. The smallest absolute Gasteiger partial charge is 0.323 e. The van der Waals surface area contributed by atoms with Gasteiger partial charge in [0.15, 0.2) is 0 Å². The van der Waals surface area contributed by atoms with E-state index in [1.165, 1.54) is 19.2 Å². The van der Waals surface area contributed by atoms with E-state index in [1.807, 2.05) is 6.92 Å². The van der Waals surface area contributed by atoms with Crippen LogP contribution in [0.3, 0.4) is 0 Å². The fraction of sp³-hybridized carbons (Fsp3) is 0.500. The number of halogens is 1. The standard InChI is InChI=1S/C12H15FN2O3S/c1-7-11(9-4-3-8(13)5-14-9)15-10(6-19(7)17)12(16)18-2/h3-5,7,10-11,15H,6H2,1-2H3. The number of esters is 1. The first kappa shape index (κ1) is 14.1. The van der Waals surface area contributed by atoms with Crippen molar-refractivity contribution in [1.29, 1.82) is 0 Å². The molecule has 0 aliphatic carbocycles. The van der Waals surface area contributed by atoms with Crippen molar-refractivity contribution in [3.05, 3.63) is 29.8 Å². The second kappa shape index (κ2) is 5.75. The molecule has 0 radical (unpaired) electrons. The fourth-order valence-electron chi connectivity index (χ4n) is 2.04. The Morgan fingerprint density at radius 2 is 2.32 bits per heavy atom. The number of nitrogens with zero attached hydrogens (tertiary/aromatic N) is 1. The SMILES string of the molecule is COC(=O)C1CS(=O)C(C)C(c2ccc(F)cn2)N1. The van der Waals surface area contributed by atoms with Crippen LogP contribution in [0.1, 0.15) is 18.7 Å². The van der Waals surface area contributed by atoms with Crippen molar-refractivity contribution in [1.82, 2.24) is 10.3 Å². The second-order valence-electron chi connectivity index (χ2n) is 4.37. The Hall–Kier alpha value is -1.34. The van der Waals surface area contributed by atoms with Gasteiger partial charge in [0.1, 0.15) is 11.9 Å². The van der Waals surface area contributed by atoms with E-state index in [0.717, 1.165) is 6.20 Å². The predicted octanol–water partition coefficient (Wildman–Crippen LogP) is 0.544. The van der Waals surface area contributed by atoms with Gasteiger partial charge >= 0.3 is 5.97 Å². The lowest BCUT2D eigenvalue weighted by Crippen LogP contribution is -2.53. The average Bonchev–Trinajstić information content (AvgIpc) is 2.42. The molecule has 0 amide bonds. The topological polar surface area (TPSA) is 68.3 Å². The molecule has 2 rings (SSSR count). The van der Waals surface area contributed by atoms with Gasteiger partial charge in [0.25, 0.3) is 0 Å². The van der Waals surface area contributed by atoms with Gasteiger partial charge in [-0.25, -0.2) is 4.39 Å². The van der Waals surface area contributed by atoms with Gasteiger partial charge in [0, 0.05) is 10.8 Å². The monoisotopic (exact) mass is 286 g/mol. The second-order valence-corrected chi connectivity index (χ2v) is 6.21. The molecule has 0 spiro atoms. The highest BCUT2D eigenvalue weighted by Gasteiger charge is 2.37. The number of pyridine rings is 1. The zero-order chi connectivity index (χ0) is 14.0. The summed E-state index contributed by atoms with van der Waals surface area (Å²) in [6.45, 7) is 1.81. The normalized spacial score (nSPS) is 30.9. The highest BCUT2D eigenvalue weighted by Crippen LogP contribution is 2.24. The summed E-state index contributed by atoms with van der Waals surface area (Å²) in [5.74, 6) is -0.670. The molecule has 19 heavy (non-hydrogen) atoms. The number of hydrogen-bond donors (Lipinski definition) is 1. The van der Waals surface area contributed by atoms with E-state index in [1.54, 1.807) is 0 Å². The van der Waals surface area contributed by atoms with Gasteiger partial charge in [0.05, 0.1) is 36.0 Å². The quantitative estimate of drug-likeness (QED) is 0.804. The van der Waals surface area contributed by atoms with E-state index in [-0.39, 0.29) is 17.0 Å². The van der Waals surface area contributed by atoms with Crippen molar-refractivity contribution in [2.45, 2.75) is 24.3 Å². The fourth-order valence-corrected chi connectivity index (χ4v) is 3.43. The van der Waals surface area contributed by atoms with E-state index >= 15 is 0 Å². The van der Waals surface area contributed by atoms with Gasteiger partial charge in [-0.1, -0.05) is 0 Å². The molecule has 0 saturated carbocycles. The Balaban J connectivity index is 2.24. The number of carbonyl (C=O) groups is 1. The molecule has 2 heterocycles. The number of nitrogens with one attached hydrogen (secondary N) is 1. The molecule has 5 nitrogen and oxygen atoms in total. The molecule has 1 N–H and O–H groups in total. The van der Waals surface area contributed by atoms with Gasteiger partial charge in [0.2, 0.25) is 0 Å². The van der Waals surface area contributed by atoms with Gasteiger partial charge in [-0.15, -0.1) is 0 Å². The number of aromatic nitrogens is 1.